The third-order valence-corrected chi connectivity index (χ3v) is 6.27. The van der Waals surface area contributed by atoms with Crippen LogP contribution in [0.15, 0.2) is 0 Å². The van der Waals surface area contributed by atoms with Crippen molar-refractivity contribution in [1.29, 1.82) is 0 Å². The minimum absolute atomic E-state index is 0.00723. The summed E-state index contributed by atoms with van der Waals surface area (Å²) in [5, 5.41) is 0.291. The Morgan fingerprint density at radius 3 is 2.00 bits per heavy atom. The highest BCUT2D eigenvalue weighted by atomic mass is 32.2. The van der Waals surface area contributed by atoms with E-state index in [1.807, 2.05) is 11.8 Å². The Morgan fingerprint density at radius 1 is 0.692 bits per heavy atom. The second-order valence-corrected chi connectivity index (χ2v) is 8.49. The molecular formula is C21H42O4S. The molecule has 4 nitrogen and oxygen atoms in total. The average Bonchev–Trinajstić information content (AvgIpc) is 2.99. The largest absolute Gasteiger partial charge is 0.380 e. The molecule has 4 atom stereocenters. The van der Waals surface area contributed by atoms with Crippen LogP contribution in [0.2, 0.25) is 0 Å². The highest BCUT2D eigenvalue weighted by Crippen LogP contribution is 2.39. The first-order valence-corrected chi connectivity index (χ1v) is 11.7. The maximum Gasteiger partial charge on any atom is 0.132 e. The van der Waals surface area contributed by atoms with Crippen LogP contribution in [0.4, 0.5) is 0 Å². The van der Waals surface area contributed by atoms with Crippen molar-refractivity contribution in [3.63, 3.8) is 0 Å². The van der Waals surface area contributed by atoms with Crippen LogP contribution in [0.5, 0.6) is 0 Å². The molecule has 0 amide bonds. The molecule has 26 heavy (non-hydrogen) atoms. The molecule has 0 aromatic carbocycles. The summed E-state index contributed by atoms with van der Waals surface area (Å²) >= 11 is 1.82. The standard InChI is InChI=1S/C21H42O4S/c1-5-8-11-12-13-16-25-20-19(24-15-10-7-3)18(26-21(20)22-4)17-23-14-9-6-2/h18-21H,5-17H2,1-4H3/t18-,19+,20-,21?/m1/s1. The topological polar surface area (TPSA) is 36.9 Å². The zero-order valence-corrected chi connectivity index (χ0v) is 18.4. The van der Waals surface area contributed by atoms with Crippen LogP contribution in [0.3, 0.4) is 0 Å². The zero-order chi connectivity index (χ0) is 19.0. The SMILES string of the molecule is CCCCCCCO[C@H]1C(OC)S[C@H](COCCCC)[C@@H]1OCCCC. The van der Waals surface area contributed by atoms with E-state index in [0.717, 1.165) is 52.1 Å². The van der Waals surface area contributed by atoms with Gasteiger partial charge in [-0.15, -0.1) is 11.8 Å². The first-order valence-electron chi connectivity index (χ1n) is 10.8. The van der Waals surface area contributed by atoms with E-state index in [9.17, 15) is 0 Å². The van der Waals surface area contributed by atoms with Gasteiger partial charge in [-0.1, -0.05) is 59.3 Å². The summed E-state index contributed by atoms with van der Waals surface area (Å²) in [4.78, 5) is 0. The van der Waals surface area contributed by atoms with Gasteiger partial charge in [0.25, 0.3) is 0 Å². The van der Waals surface area contributed by atoms with Crippen molar-refractivity contribution in [1.82, 2.24) is 0 Å². The lowest BCUT2D eigenvalue weighted by Crippen LogP contribution is -2.40. The molecule has 0 aliphatic carbocycles. The number of unbranched alkanes of at least 4 members (excludes halogenated alkanes) is 6. The van der Waals surface area contributed by atoms with E-state index < -0.39 is 0 Å². The Hall–Kier alpha value is 0.190. The lowest BCUT2D eigenvalue weighted by Gasteiger charge is -2.26. The van der Waals surface area contributed by atoms with Crippen molar-refractivity contribution in [3.8, 4) is 0 Å². The van der Waals surface area contributed by atoms with Crippen molar-refractivity contribution >= 4 is 11.8 Å². The van der Waals surface area contributed by atoms with Gasteiger partial charge in [0.1, 0.15) is 17.6 Å². The summed E-state index contributed by atoms with van der Waals surface area (Å²) in [6.45, 7) is 9.77. The van der Waals surface area contributed by atoms with Crippen LogP contribution in [-0.2, 0) is 18.9 Å². The van der Waals surface area contributed by atoms with Gasteiger partial charge in [-0.25, -0.2) is 0 Å². The van der Waals surface area contributed by atoms with Crippen molar-refractivity contribution in [2.45, 2.75) is 101 Å². The minimum atomic E-state index is 0.00723. The third-order valence-electron chi connectivity index (χ3n) is 4.79. The molecule has 0 bridgehead atoms. The van der Waals surface area contributed by atoms with E-state index in [-0.39, 0.29) is 17.6 Å². The van der Waals surface area contributed by atoms with Gasteiger partial charge in [0.05, 0.1) is 11.9 Å². The minimum Gasteiger partial charge on any atom is -0.380 e. The van der Waals surface area contributed by atoms with Crippen LogP contribution in [0, 0.1) is 0 Å². The quantitative estimate of drug-likeness (QED) is 0.309. The van der Waals surface area contributed by atoms with Crippen molar-refractivity contribution < 1.29 is 18.9 Å². The number of ether oxygens (including phenoxy) is 4. The van der Waals surface area contributed by atoms with Gasteiger partial charge in [-0.2, -0.15) is 0 Å². The fourth-order valence-electron chi connectivity index (χ4n) is 3.13. The maximum atomic E-state index is 6.26. The second-order valence-electron chi connectivity index (χ2n) is 7.15. The summed E-state index contributed by atoms with van der Waals surface area (Å²) in [7, 11) is 1.78. The molecule has 1 aliphatic heterocycles. The number of methoxy groups -OCH3 is 1. The average molecular weight is 391 g/mol. The highest BCUT2D eigenvalue weighted by molar-refractivity contribution is 8.00. The number of hydrogen-bond acceptors (Lipinski definition) is 5. The van der Waals surface area contributed by atoms with Gasteiger partial charge in [0, 0.05) is 26.9 Å². The molecule has 0 radical (unpaired) electrons. The number of rotatable bonds is 17. The second kappa shape index (κ2) is 16.2. The monoisotopic (exact) mass is 390 g/mol. The van der Waals surface area contributed by atoms with Crippen LogP contribution in [0.1, 0.15) is 78.6 Å². The summed E-state index contributed by atoms with van der Waals surface area (Å²) in [5.74, 6) is 0. The van der Waals surface area contributed by atoms with Gasteiger partial charge in [0.2, 0.25) is 0 Å². The predicted molar refractivity (Wildman–Crippen MR) is 111 cm³/mol. The van der Waals surface area contributed by atoms with E-state index in [1.54, 1.807) is 7.11 Å². The molecule has 1 aliphatic rings. The molecule has 0 N–H and O–H groups in total. The highest BCUT2D eigenvalue weighted by Gasteiger charge is 2.46. The van der Waals surface area contributed by atoms with Crippen molar-refractivity contribution in [2.24, 2.45) is 0 Å². The zero-order valence-electron chi connectivity index (χ0n) is 17.5. The molecule has 0 aromatic heterocycles. The van der Waals surface area contributed by atoms with Crippen molar-refractivity contribution in [2.75, 3.05) is 33.5 Å². The van der Waals surface area contributed by atoms with E-state index in [4.69, 9.17) is 18.9 Å². The van der Waals surface area contributed by atoms with E-state index in [2.05, 4.69) is 20.8 Å². The smallest absolute Gasteiger partial charge is 0.132 e. The molecule has 1 fully saturated rings. The lowest BCUT2D eigenvalue weighted by molar-refractivity contribution is -0.103. The Bertz CT molecular complexity index is 316. The summed E-state index contributed by atoms with van der Waals surface area (Å²) < 4.78 is 24.1. The number of hydrogen-bond donors (Lipinski definition) is 0. The molecule has 1 heterocycles. The fourth-order valence-corrected chi connectivity index (χ4v) is 4.53. The molecule has 0 saturated carbocycles. The Labute approximate surface area is 166 Å². The summed E-state index contributed by atoms with van der Waals surface area (Å²) in [6, 6.07) is 0. The normalized spacial score (nSPS) is 25.8. The van der Waals surface area contributed by atoms with Crippen LogP contribution >= 0.6 is 11.8 Å². The molecule has 0 spiro atoms. The molecule has 1 saturated heterocycles. The van der Waals surface area contributed by atoms with Crippen molar-refractivity contribution in [3.05, 3.63) is 0 Å². The Morgan fingerprint density at radius 2 is 1.31 bits per heavy atom. The summed E-state index contributed by atoms with van der Waals surface area (Å²) in [5.41, 5.74) is 0.0389. The first kappa shape index (κ1) is 24.2. The van der Waals surface area contributed by atoms with Gasteiger partial charge in [-0.3, -0.25) is 0 Å². The van der Waals surface area contributed by atoms with Gasteiger partial charge >= 0.3 is 0 Å². The van der Waals surface area contributed by atoms with Crippen LogP contribution < -0.4 is 0 Å². The van der Waals surface area contributed by atoms with E-state index in [1.165, 1.54) is 32.1 Å². The van der Waals surface area contributed by atoms with Gasteiger partial charge in [0.15, 0.2) is 0 Å². The third kappa shape index (κ3) is 9.41. The van der Waals surface area contributed by atoms with Crippen LogP contribution in [0.25, 0.3) is 0 Å². The van der Waals surface area contributed by atoms with E-state index in [0.29, 0.717) is 5.25 Å². The molecular weight excluding hydrogens is 348 g/mol. The fraction of sp³-hybridized carbons (Fsp3) is 1.00. The molecule has 1 unspecified atom stereocenters. The van der Waals surface area contributed by atoms with Crippen LogP contribution in [-0.4, -0.2) is 56.4 Å². The first-order chi connectivity index (χ1) is 12.8. The summed E-state index contributed by atoms with van der Waals surface area (Å²) in [6.07, 6.45) is 10.9. The molecule has 156 valence electrons. The number of thioether (sulfide) groups is 1. The Balaban J connectivity index is 2.50. The Kier molecular flexibility index (Phi) is 15.1. The molecule has 1 rings (SSSR count). The lowest BCUT2D eigenvalue weighted by atomic mass is 10.1. The molecule has 5 heteroatoms. The maximum absolute atomic E-state index is 6.26. The predicted octanol–water partition coefficient (Wildman–Crippen LogP) is 5.43. The van der Waals surface area contributed by atoms with Gasteiger partial charge < -0.3 is 18.9 Å². The van der Waals surface area contributed by atoms with Gasteiger partial charge in [-0.05, 0) is 19.3 Å². The van der Waals surface area contributed by atoms with E-state index >= 15 is 0 Å². The molecule has 0 aromatic rings.